The highest BCUT2D eigenvalue weighted by molar-refractivity contribution is 14.1. The van der Waals surface area contributed by atoms with Crippen molar-refractivity contribution in [3.8, 4) is 0 Å². The number of halogens is 1. The van der Waals surface area contributed by atoms with Crippen LogP contribution in [-0.2, 0) is 6.54 Å². The molecule has 0 saturated heterocycles. The zero-order chi connectivity index (χ0) is 8.27. The van der Waals surface area contributed by atoms with Gasteiger partial charge in [0, 0.05) is 10.1 Å². The summed E-state index contributed by atoms with van der Waals surface area (Å²) in [6, 6.07) is 6.51. The Hall–Kier alpha value is -0.0900. The van der Waals surface area contributed by atoms with Crippen molar-refractivity contribution >= 4 is 22.6 Å². The smallest absolute Gasteiger partial charge is 0.0205 e. The average Bonchev–Trinajstić information content (AvgIpc) is 1.98. The standard InChI is InChI=1S/C9H12IN/c1-7-3-4-9(10)5-8(7)6-11-2/h3-5,11H,6H2,1-2H3. The van der Waals surface area contributed by atoms with E-state index in [4.69, 9.17) is 0 Å². The molecule has 0 radical (unpaired) electrons. The van der Waals surface area contributed by atoms with Gasteiger partial charge in [0.1, 0.15) is 0 Å². The highest BCUT2D eigenvalue weighted by Crippen LogP contribution is 2.12. The summed E-state index contributed by atoms with van der Waals surface area (Å²) in [5.41, 5.74) is 2.75. The van der Waals surface area contributed by atoms with Gasteiger partial charge in [-0.05, 0) is 59.8 Å². The minimum Gasteiger partial charge on any atom is -0.316 e. The summed E-state index contributed by atoms with van der Waals surface area (Å²) in [4.78, 5) is 0. The quantitative estimate of drug-likeness (QED) is 0.805. The SMILES string of the molecule is CNCc1cc(I)ccc1C. The van der Waals surface area contributed by atoms with Gasteiger partial charge in [0.15, 0.2) is 0 Å². The Morgan fingerprint density at radius 3 is 2.82 bits per heavy atom. The summed E-state index contributed by atoms with van der Waals surface area (Å²) >= 11 is 2.33. The molecule has 1 N–H and O–H groups in total. The lowest BCUT2D eigenvalue weighted by molar-refractivity contribution is 0.811. The molecule has 0 aliphatic heterocycles. The number of nitrogens with one attached hydrogen (secondary N) is 1. The first kappa shape index (κ1) is 9.00. The molecule has 2 heteroatoms. The highest BCUT2D eigenvalue weighted by atomic mass is 127. The van der Waals surface area contributed by atoms with Crippen LogP contribution in [0.25, 0.3) is 0 Å². The minimum absolute atomic E-state index is 0.961. The first-order chi connectivity index (χ1) is 5.24. The Kier molecular flexibility index (Phi) is 3.33. The maximum absolute atomic E-state index is 3.15. The highest BCUT2D eigenvalue weighted by Gasteiger charge is 1.96. The van der Waals surface area contributed by atoms with Crippen LogP contribution in [0.4, 0.5) is 0 Å². The van der Waals surface area contributed by atoms with E-state index in [0.29, 0.717) is 0 Å². The van der Waals surface area contributed by atoms with E-state index < -0.39 is 0 Å². The number of hydrogen-bond donors (Lipinski definition) is 1. The summed E-state index contributed by atoms with van der Waals surface area (Å²) in [5.74, 6) is 0. The summed E-state index contributed by atoms with van der Waals surface area (Å²) in [6.07, 6.45) is 0. The van der Waals surface area contributed by atoms with Crippen LogP contribution < -0.4 is 5.32 Å². The van der Waals surface area contributed by atoms with Crippen LogP contribution in [0.2, 0.25) is 0 Å². The molecule has 60 valence electrons. The van der Waals surface area contributed by atoms with E-state index >= 15 is 0 Å². The second-order valence-corrected chi connectivity index (χ2v) is 3.85. The minimum atomic E-state index is 0.961. The fourth-order valence-electron chi connectivity index (χ4n) is 1.02. The Morgan fingerprint density at radius 2 is 2.18 bits per heavy atom. The number of benzene rings is 1. The van der Waals surface area contributed by atoms with E-state index in [-0.39, 0.29) is 0 Å². The second kappa shape index (κ2) is 4.07. The van der Waals surface area contributed by atoms with Gasteiger partial charge >= 0.3 is 0 Å². The summed E-state index contributed by atoms with van der Waals surface area (Å²) in [7, 11) is 1.97. The number of aryl methyl sites for hydroxylation is 1. The van der Waals surface area contributed by atoms with Gasteiger partial charge < -0.3 is 5.32 Å². The van der Waals surface area contributed by atoms with Crippen LogP contribution in [0.1, 0.15) is 11.1 Å². The third kappa shape index (κ3) is 2.45. The van der Waals surface area contributed by atoms with Crippen molar-refractivity contribution in [3.63, 3.8) is 0 Å². The van der Waals surface area contributed by atoms with Crippen molar-refractivity contribution in [1.29, 1.82) is 0 Å². The first-order valence-electron chi connectivity index (χ1n) is 3.63. The Balaban J connectivity index is 2.93. The van der Waals surface area contributed by atoms with Gasteiger partial charge in [0.2, 0.25) is 0 Å². The predicted octanol–water partition coefficient (Wildman–Crippen LogP) is 2.32. The van der Waals surface area contributed by atoms with Crippen LogP contribution in [0.15, 0.2) is 18.2 Å². The van der Waals surface area contributed by atoms with Crippen LogP contribution in [-0.4, -0.2) is 7.05 Å². The zero-order valence-electron chi connectivity index (χ0n) is 6.82. The summed E-state index contributed by atoms with van der Waals surface area (Å²) in [6.45, 7) is 3.10. The van der Waals surface area contributed by atoms with E-state index in [1.54, 1.807) is 0 Å². The van der Waals surface area contributed by atoms with Crippen LogP contribution >= 0.6 is 22.6 Å². The lowest BCUT2D eigenvalue weighted by atomic mass is 10.1. The Morgan fingerprint density at radius 1 is 1.45 bits per heavy atom. The molecule has 0 bridgehead atoms. The summed E-state index contributed by atoms with van der Waals surface area (Å²) < 4.78 is 1.30. The van der Waals surface area contributed by atoms with Gasteiger partial charge in [-0.3, -0.25) is 0 Å². The van der Waals surface area contributed by atoms with Gasteiger partial charge in [0.25, 0.3) is 0 Å². The van der Waals surface area contributed by atoms with Gasteiger partial charge in [-0.25, -0.2) is 0 Å². The normalized spacial score (nSPS) is 10.1. The zero-order valence-corrected chi connectivity index (χ0v) is 8.97. The van der Waals surface area contributed by atoms with Crippen molar-refractivity contribution < 1.29 is 0 Å². The van der Waals surface area contributed by atoms with Gasteiger partial charge in [-0.2, -0.15) is 0 Å². The van der Waals surface area contributed by atoms with Crippen LogP contribution in [0.3, 0.4) is 0 Å². The van der Waals surface area contributed by atoms with Crippen molar-refractivity contribution in [2.24, 2.45) is 0 Å². The van der Waals surface area contributed by atoms with Gasteiger partial charge in [0.05, 0.1) is 0 Å². The van der Waals surface area contributed by atoms with E-state index in [2.05, 4.69) is 53.0 Å². The van der Waals surface area contributed by atoms with Crippen LogP contribution in [0, 0.1) is 10.5 Å². The maximum atomic E-state index is 3.15. The third-order valence-electron chi connectivity index (χ3n) is 1.68. The van der Waals surface area contributed by atoms with Gasteiger partial charge in [-0.1, -0.05) is 6.07 Å². The molecule has 0 amide bonds. The van der Waals surface area contributed by atoms with Crippen LogP contribution in [0.5, 0.6) is 0 Å². The first-order valence-corrected chi connectivity index (χ1v) is 4.71. The lowest BCUT2D eigenvalue weighted by Gasteiger charge is -2.04. The molecular formula is C9H12IN. The molecule has 11 heavy (non-hydrogen) atoms. The molecule has 0 spiro atoms. The molecule has 1 nitrogen and oxygen atoms in total. The maximum Gasteiger partial charge on any atom is 0.0205 e. The Bertz CT molecular complexity index is 245. The molecular weight excluding hydrogens is 249 g/mol. The largest absolute Gasteiger partial charge is 0.316 e. The van der Waals surface area contributed by atoms with Crippen molar-refractivity contribution in [2.45, 2.75) is 13.5 Å². The molecule has 0 unspecified atom stereocenters. The average molecular weight is 261 g/mol. The molecule has 1 aromatic rings. The molecule has 0 atom stereocenters. The van der Waals surface area contributed by atoms with E-state index in [0.717, 1.165) is 6.54 Å². The molecule has 1 aromatic carbocycles. The molecule has 0 saturated carbocycles. The third-order valence-corrected chi connectivity index (χ3v) is 2.35. The second-order valence-electron chi connectivity index (χ2n) is 2.60. The van der Waals surface area contributed by atoms with Crippen molar-refractivity contribution in [3.05, 3.63) is 32.9 Å². The molecule has 0 fully saturated rings. The monoisotopic (exact) mass is 261 g/mol. The summed E-state index contributed by atoms with van der Waals surface area (Å²) in [5, 5.41) is 3.15. The van der Waals surface area contributed by atoms with Crippen molar-refractivity contribution in [1.82, 2.24) is 5.32 Å². The molecule has 0 aliphatic carbocycles. The topological polar surface area (TPSA) is 12.0 Å². The molecule has 0 heterocycles. The molecule has 0 aromatic heterocycles. The van der Waals surface area contributed by atoms with Crippen molar-refractivity contribution in [2.75, 3.05) is 7.05 Å². The molecule has 1 rings (SSSR count). The van der Waals surface area contributed by atoms with Gasteiger partial charge in [-0.15, -0.1) is 0 Å². The van der Waals surface area contributed by atoms with E-state index in [9.17, 15) is 0 Å². The fourth-order valence-corrected chi connectivity index (χ4v) is 1.58. The number of hydrogen-bond acceptors (Lipinski definition) is 1. The number of rotatable bonds is 2. The molecule has 0 aliphatic rings. The van der Waals surface area contributed by atoms with E-state index in [1.165, 1.54) is 14.7 Å². The van der Waals surface area contributed by atoms with E-state index in [1.807, 2.05) is 7.05 Å². The fraction of sp³-hybridized carbons (Fsp3) is 0.333. The predicted molar refractivity (Wildman–Crippen MR) is 56.7 cm³/mol. The Labute approximate surface area is 81.3 Å². The lowest BCUT2D eigenvalue weighted by Crippen LogP contribution is -2.06.